The first-order chi connectivity index (χ1) is 14.7. The number of fused-ring (bicyclic) bond motifs is 1. The number of carbonyl (C=O) groups is 2. The third kappa shape index (κ3) is 4.20. The zero-order valence-electron chi connectivity index (χ0n) is 15.9. The lowest BCUT2D eigenvalue weighted by molar-refractivity contribution is -0.113. The maximum atomic E-state index is 12.4. The van der Waals surface area contributed by atoms with E-state index in [1.54, 1.807) is 42.5 Å². The van der Waals surface area contributed by atoms with Gasteiger partial charge < -0.3 is 19.5 Å². The van der Waals surface area contributed by atoms with E-state index < -0.39 is 5.97 Å². The molecule has 0 fully saturated rings. The number of hydrogen-bond acceptors (Lipinski definition) is 9. The number of nitrogens with one attached hydrogen (secondary N) is 1. The standard InChI is InChI=1S/C19H17N5O5S/c1-27-18(26)13-4-2-3-5-14(13)20-17(25)11-30-19-21-22-23-24(19)12-6-7-15-16(10-12)29-9-8-28-15/h2-7,10H,8-9,11H2,1H3,(H,20,25). The number of nitrogens with zero attached hydrogens (tertiary/aromatic N) is 4. The Morgan fingerprint density at radius 2 is 1.97 bits per heavy atom. The van der Waals surface area contributed by atoms with E-state index >= 15 is 0 Å². The lowest BCUT2D eigenvalue weighted by Gasteiger charge is -2.18. The first-order valence-corrected chi connectivity index (χ1v) is 9.92. The van der Waals surface area contributed by atoms with Gasteiger partial charge in [-0.1, -0.05) is 23.9 Å². The second kappa shape index (κ2) is 8.82. The maximum Gasteiger partial charge on any atom is 0.339 e. The van der Waals surface area contributed by atoms with Crippen molar-refractivity contribution in [1.29, 1.82) is 0 Å². The molecule has 3 aromatic rings. The van der Waals surface area contributed by atoms with Crippen LogP contribution in [0.3, 0.4) is 0 Å². The number of hydrogen-bond donors (Lipinski definition) is 1. The molecule has 0 aliphatic carbocycles. The van der Waals surface area contributed by atoms with Crippen molar-refractivity contribution < 1.29 is 23.8 Å². The quantitative estimate of drug-likeness (QED) is 0.465. The number of para-hydroxylation sites is 1. The van der Waals surface area contributed by atoms with Crippen LogP contribution in [0, 0.1) is 0 Å². The molecule has 0 radical (unpaired) electrons. The Morgan fingerprint density at radius 3 is 2.80 bits per heavy atom. The highest BCUT2D eigenvalue weighted by Crippen LogP contribution is 2.32. The average Bonchev–Trinajstić information content (AvgIpc) is 3.26. The molecule has 0 saturated carbocycles. The molecular weight excluding hydrogens is 410 g/mol. The van der Waals surface area contributed by atoms with Gasteiger partial charge in [0.05, 0.1) is 29.8 Å². The zero-order chi connectivity index (χ0) is 20.9. The van der Waals surface area contributed by atoms with E-state index in [0.717, 1.165) is 11.8 Å². The number of methoxy groups -OCH3 is 1. The van der Waals surface area contributed by atoms with Gasteiger partial charge in [0.2, 0.25) is 11.1 Å². The van der Waals surface area contributed by atoms with Crippen LogP contribution in [0.1, 0.15) is 10.4 Å². The van der Waals surface area contributed by atoms with Crippen molar-refractivity contribution in [2.45, 2.75) is 5.16 Å². The second-order valence-electron chi connectivity index (χ2n) is 6.08. The summed E-state index contributed by atoms with van der Waals surface area (Å²) in [7, 11) is 1.29. The van der Waals surface area contributed by atoms with E-state index in [2.05, 4.69) is 20.8 Å². The fraction of sp³-hybridized carbons (Fsp3) is 0.211. The molecule has 4 rings (SSSR count). The van der Waals surface area contributed by atoms with E-state index in [1.807, 2.05) is 0 Å². The zero-order valence-corrected chi connectivity index (χ0v) is 16.7. The van der Waals surface area contributed by atoms with Gasteiger partial charge in [-0.05, 0) is 34.7 Å². The summed E-state index contributed by atoms with van der Waals surface area (Å²) in [6, 6.07) is 12.0. The van der Waals surface area contributed by atoms with E-state index in [9.17, 15) is 9.59 Å². The van der Waals surface area contributed by atoms with Crippen molar-refractivity contribution in [2.75, 3.05) is 31.4 Å². The van der Waals surface area contributed by atoms with Crippen LogP contribution in [0.25, 0.3) is 5.69 Å². The maximum absolute atomic E-state index is 12.4. The lowest BCUT2D eigenvalue weighted by Crippen LogP contribution is -2.17. The number of anilines is 1. The molecule has 1 aliphatic rings. The van der Waals surface area contributed by atoms with Gasteiger partial charge in [0, 0.05) is 6.07 Å². The van der Waals surface area contributed by atoms with Gasteiger partial charge in [-0.3, -0.25) is 4.79 Å². The smallest absolute Gasteiger partial charge is 0.339 e. The van der Waals surface area contributed by atoms with Crippen LogP contribution in [0.2, 0.25) is 0 Å². The van der Waals surface area contributed by atoms with Crippen molar-refractivity contribution in [2.24, 2.45) is 0 Å². The molecular formula is C19H17N5O5S. The van der Waals surface area contributed by atoms with Gasteiger partial charge in [0.15, 0.2) is 11.5 Å². The molecule has 2 heterocycles. The number of carbonyl (C=O) groups excluding carboxylic acids is 2. The Bertz CT molecular complexity index is 1090. The van der Waals surface area contributed by atoms with Crippen molar-refractivity contribution in [3.05, 3.63) is 48.0 Å². The van der Waals surface area contributed by atoms with Crippen LogP contribution < -0.4 is 14.8 Å². The summed E-state index contributed by atoms with van der Waals surface area (Å²) in [5.74, 6) is 0.480. The summed E-state index contributed by atoms with van der Waals surface area (Å²) in [4.78, 5) is 24.2. The van der Waals surface area contributed by atoms with Crippen molar-refractivity contribution in [3.63, 3.8) is 0 Å². The van der Waals surface area contributed by atoms with Crippen LogP contribution in [-0.4, -0.2) is 58.2 Å². The monoisotopic (exact) mass is 427 g/mol. The number of thioether (sulfide) groups is 1. The number of aromatic nitrogens is 4. The van der Waals surface area contributed by atoms with Gasteiger partial charge in [0.1, 0.15) is 13.2 Å². The lowest BCUT2D eigenvalue weighted by atomic mass is 10.2. The molecule has 0 unspecified atom stereocenters. The third-order valence-corrected chi connectivity index (χ3v) is 5.07. The van der Waals surface area contributed by atoms with Crippen molar-refractivity contribution >= 4 is 29.3 Å². The van der Waals surface area contributed by atoms with Crippen LogP contribution in [0.15, 0.2) is 47.6 Å². The van der Waals surface area contributed by atoms with Crippen molar-refractivity contribution in [3.8, 4) is 17.2 Å². The Kier molecular flexibility index (Phi) is 5.80. The minimum absolute atomic E-state index is 0.0421. The molecule has 2 aromatic carbocycles. The number of amides is 1. The topological polar surface area (TPSA) is 117 Å². The van der Waals surface area contributed by atoms with E-state index in [4.69, 9.17) is 14.2 Å². The minimum Gasteiger partial charge on any atom is -0.486 e. The first-order valence-electron chi connectivity index (χ1n) is 8.94. The molecule has 11 heteroatoms. The molecule has 1 aromatic heterocycles. The van der Waals surface area contributed by atoms with Crippen LogP contribution >= 0.6 is 11.8 Å². The summed E-state index contributed by atoms with van der Waals surface area (Å²) in [6.45, 7) is 0.980. The number of benzene rings is 2. The van der Waals surface area contributed by atoms with Crippen LogP contribution in [0.4, 0.5) is 5.69 Å². The van der Waals surface area contributed by atoms with E-state index in [1.165, 1.54) is 11.8 Å². The summed E-state index contributed by atoms with van der Waals surface area (Å²) in [5.41, 5.74) is 1.34. The Labute approximate surface area is 175 Å². The highest BCUT2D eigenvalue weighted by atomic mass is 32.2. The highest BCUT2D eigenvalue weighted by Gasteiger charge is 2.17. The van der Waals surface area contributed by atoms with Gasteiger partial charge in [-0.15, -0.1) is 5.10 Å². The second-order valence-corrected chi connectivity index (χ2v) is 7.02. The predicted octanol–water partition coefficient (Wildman–Crippen LogP) is 1.95. The average molecular weight is 427 g/mol. The third-order valence-electron chi connectivity index (χ3n) is 4.15. The molecule has 10 nitrogen and oxygen atoms in total. The minimum atomic E-state index is -0.527. The Balaban J connectivity index is 1.44. The summed E-state index contributed by atoms with van der Waals surface area (Å²) in [6.07, 6.45) is 0. The van der Waals surface area contributed by atoms with E-state index in [0.29, 0.717) is 41.2 Å². The molecule has 0 spiro atoms. The molecule has 0 atom stereocenters. The number of esters is 1. The van der Waals surface area contributed by atoms with Crippen molar-refractivity contribution in [1.82, 2.24) is 20.2 Å². The number of ether oxygens (including phenoxy) is 3. The first kappa shape index (κ1) is 19.7. The summed E-state index contributed by atoms with van der Waals surface area (Å²) in [5, 5.41) is 14.8. The highest BCUT2D eigenvalue weighted by molar-refractivity contribution is 7.99. The van der Waals surface area contributed by atoms with Gasteiger partial charge >= 0.3 is 5.97 Å². The molecule has 30 heavy (non-hydrogen) atoms. The van der Waals surface area contributed by atoms with Crippen LogP contribution in [-0.2, 0) is 9.53 Å². The predicted molar refractivity (Wildman–Crippen MR) is 107 cm³/mol. The molecule has 154 valence electrons. The SMILES string of the molecule is COC(=O)c1ccccc1NC(=O)CSc1nnnn1-c1ccc2c(c1)OCCO2. The number of rotatable bonds is 6. The van der Waals surface area contributed by atoms with Crippen LogP contribution in [0.5, 0.6) is 11.5 Å². The molecule has 1 amide bonds. The summed E-state index contributed by atoms with van der Waals surface area (Å²) < 4.78 is 17.4. The molecule has 1 aliphatic heterocycles. The van der Waals surface area contributed by atoms with Gasteiger partial charge in [-0.25, -0.2) is 4.79 Å². The molecule has 1 N–H and O–H groups in total. The van der Waals surface area contributed by atoms with E-state index in [-0.39, 0.29) is 17.2 Å². The largest absolute Gasteiger partial charge is 0.486 e. The fourth-order valence-corrected chi connectivity index (χ4v) is 3.48. The summed E-state index contributed by atoms with van der Waals surface area (Å²) >= 11 is 1.16. The Hall–Kier alpha value is -3.60. The van der Waals surface area contributed by atoms with Gasteiger partial charge in [0.25, 0.3) is 0 Å². The number of tetrazole rings is 1. The molecule has 0 saturated heterocycles. The normalized spacial score (nSPS) is 12.3. The van der Waals surface area contributed by atoms with Gasteiger partial charge in [-0.2, -0.15) is 4.68 Å². The molecule has 0 bridgehead atoms. The Morgan fingerprint density at radius 1 is 1.17 bits per heavy atom. The fourth-order valence-electron chi connectivity index (χ4n) is 2.79.